The Bertz CT molecular complexity index is 396. The van der Waals surface area contributed by atoms with Gasteiger partial charge in [-0.1, -0.05) is 13.3 Å². The Morgan fingerprint density at radius 3 is 2.35 bits per heavy atom. The number of aryl methyl sites for hydroxylation is 1. The van der Waals surface area contributed by atoms with Crippen LogP contribution < -0.4 is 14.8 Å². The van der Waals surface area contributed by atoms with E-state index in [9.17, 15) is 4.39 Å². The highest BCUT2D eigenvalue weighted by Crippen LogP contribution is 2.30. The molecule has 0 heterocycles. The Morgan fingerprint density at radius 2 is 1.70 bits per heavy atom. The molecule has 0 aliphatic rings. The number of benzene rings is 1. The Morgan fingerprint density at radius 1 is 1.00 bits per heavy atom. The largest absolute Gasteiger partial charge is 0.493 e. The van der Waals surface area contributed by atoms with Crippen molar-refractivity contribution in [1.82, 2.24) is 5.32 Å². The van der Waals surface area contributed by atoms with Gasteiger partial charge in [0.25, 0.3) is 0 Å². The maximum Gasteiger partial charge on any atom is 0.163 e. The molecule has 0 radical (unpaired) electrons. The van der Waals surface area contributed by atoms with Crippen LogP contribution >= 0.6 is 0 Å². The van der Waals surface area contributed by atoms with Crippen LogP contribution in [0.25, 0.3) is 0 Å². The summed E-state index contributed by atoms with van der Waals surface area (Å²) in [7, 11) is 3.08. The van der Waals surface area contributed by atoms with Gasteiger partial charge in [0.15, 0.2) is 11.5 Å². The molecule has 1 N–H and O–H groups in total. The second kappa shape index (κ2) is 9.59. The average molecular weight is 283 g/mol. The molecule has 114 valence electrons. The number of rotatable bonds is 10. The smallest absolute Gasteiger partial charge is 0.163 e. The molecular formula is C16H26FNO2. The van der Waals surface area contributed by atoms with Gasteiger partial charge in [0.05, 0.1) is 14.2 Å². The van der Waals surface area contributed by atoms with Crippen molar-refractivity contribution >= 4 is 0 Å². The zero-order valence-corrected chi connectivity index (χ0v) is 12.8. The van der Waals surface area contributed by atoms with Crippen LogP contribution in [-0.4, -0.2) is 27.3 Å². The minimum absolute atomic E-state index is 0.216. The van der Waals surface area contributed by atoms with E-state index in [2.05, 4.69) is 12.2 Å². The molecule has 0 atom stereocenters. The molecule has 0 aromatic heterocycles. The van der Waals surface area contributed by atoms with Gasteiger partial charge in [-0.25, -0.2) is 4.39 Å². The maximum absolute atomic E-state index is 13.9. The summed E-state index contributed by atoms with van der Waals surface area (Å²) in [5.41, 5.74) is 0.698. The summed E-state index contributed by atoms with van der Waals surface area (Å²) in [6.45, 7) is 4.28. The standard InChI is InChI=1S/C16H26FNO2/c1-4-9-18-10-7-5-6-8-13-11-15(19-2)16(20-3)12-14(13)17/h11-12,18H,4-10H2,1-3H3. The van der Waals surface area contributed by atoms with Crippen LogP contribution in [0, 0.1) is 5.82 Å². The molecule has 0 aliphatic heterocycles. The molecule has 0 amide bonds. The van der Waals surface area contributed by atoms with Gasteiger partial charge in [-0.3, -0.25) is 0 Å². The summed E-state index contributed by atoms with van der Waals surface area (Å²) in [4.78, 5) is 0. The fraction of sp³-hybridized carbons (Fsp3) is 0.625. The third-order valence-electron chi connectivity index (χ3n) is 3.28. The van der Waals surface area contributed by atoms with Crippen molar-refractivity contribution in [2.45, 2.75) is 39.0 Å². The van der Waals surface area contributed by atoms with E-state index in [1.165, 1.54) is 13.2 Å². The molecule has 0 fully saturated rings. The maximum atomic E-state index is 13.9. The Labute approximate surface area is 121 Å². The molecule has 0 unspecified atom stereocenters. The second-order valence-electron chi connectivity index (χ2n) is 4.86. The van der Waals surface area contributed by atoms with E-state index in [-0.39, 0.29) is 5.82 Å². The van der Waals surface area contributed by atoms with Crippen LogP contribution in [0.1, 0.15) is 38.2 Å². The van der Waals surface area contributed by atoms with Gasteiger partial charge in [-0.15, -0.1) is 0 Å². The molecule has 4 heteroatoms. The highest BCUT2D eigenvalue weighted by molar-refractivity contribution is 5.43. The van der Waals surface area contributed by atoms with E-state index in [0.717, 1.165) is 45.2 Å². The van der Waals surface area contributed by atoms with E-state index in [4.69, 9.17) is 9.47 Å². The summed E-state index contributed by atoms with van der Waals surface area (Å²) in [6.07, 6.45) is 5.12. The van der Waals surface area contributed by atoms with Gasteiger partial charge in [0.2, 0.25) is 0 Å². The number of halogens is 1. The molecule has 1 rings (SSSR count). The van der Waals surface area contributed by atoms with Crippen LogP contribution in [0.3, 0.4) is 0 Å². The molecule has 0 saturated carbocycles. The number of ether oxygens (including phenoxy) is 2. The number of hydrogen-bond acceptors (Lipinski definition) is 3. The zero-order chi connectivity index (χ0) is 14.8. The predicted molar refractivity (Wildman–Crippen MR) is 80.2 cm³/mol. The van der Waals surface area contributed by atoms with Gasteiger partial charge in [-0.2, -0.15) is 0 Å². The molecule has 0 bridgehead atoms. The Kier molecular flexibility index (Phi) is 8.04. The van der Waals surface area contributed by atoms with Crippen molar-refractivity contribution in [3.8, 4) is 11.5 Å². The quantitative estimate of drug-likeness (QED) is 0.666. The van der Waals surface area contributed by atoms with E-state index >= 15 is 0 Å². The number of hydrogen-bond donors (Lipinski definition) is 1. The third-order valence-corrected chi connectivity index (χ3v) is 3.28. The molecule has 0 saturated heterocycles. The molecular weight excluding hydrogens is 257 g/mol. The first-order valence-electron chi connectivity index (χ1n) is 7.34. The number of nitrogens with one attached hydrogen (secondary N) is 1. The molecule has 1 aromatic rings. The summed E-state index contributed by atoms with van der Waals surface area (Å²) >= 11 is 0. The van der Waals surface area contributed by atoms with E-state index in [1.807, 2.05) is 0 Å². The van der Waals surface area contributed by atoms with Crippen LogP contribution in [-0.2, 0) is 6.42 Å². The lowest BCUT2D eigenvalue weighted by atomic mass is 10.1. The van der Waals surface area contributed by atoms with Crippen molar-refractivity contribution < 1.29 is 13.9 Å². The van der Waals surface area contributed by atoms with Crippen molar-refractivity contribution in [2.75, 3.05) is 27.3 Å². The second-order valence-corrected chi connectivity index (χ2v) is 4.86. The third kappa shape index (κ3) is 5.37. The van der Waals surface area contributed by atoms with Gasteiger partial charge in [0, 0.05) is 6.07 Å². The SMILES string of the molecule is CCCNCCCCCc1cc(OC)c(OC)cc1F. The lowest BCUT2D eigenvalue weighted by Gasteiger charge is -2.11. The van der Waals surface area contributed by atoms with Gasteiger partial charge >= 0.3 is 0 Å². The average Bonchev–Trinajstić information content (AvgIpc) is 2.47. The Balaban J connectivity index is 2.40. The summed E-state index contributed by atoms with van der Waals surface area (Å²) in [5, 5.41) is 3.37. The van der Waals surface area contributed by atoms with E-state index in [0.29, 0.717) is 17.1 Å². The lowest BCUT2D eigenvalue weighted by Crippen LogP contribution is -2.15. The first-order valence-corrected chi connectivity index (χ1v) is 7.34. The number of unbranched alkanes of at least 4 members (excludes halogenated alkanes) is 2. The minimum atomic E-state index is -0.216. The van der Waals surface area contributed by atoms with Crippen LogP contribution in [0.5, 0.6) is 11.5 Å². The fourth-order valence-corrected chi connectivity index (χ4v) is 2.13. The van der Waals surface area contributed by atoms with Gasteiger partial charge in [0.1, 0.15) is 5.82 Å². The first kappa shape index (κ1) is 16.8. The highest BCUT2D eigenvalue weighted by Gasteiger charge is 2.10. The highest BCUT2D eigenvalue weighted by atomic mass is 19.1. The van der Waals surface area contributed by atoms with E-state index in [1.54, 1.807) is 13.2 Å². The van der Waals surface area contributed by atoms with E-state index < -0.39 is 0 Å². The summed E-state index contributed by atoms with van der Waals surface area (Å²) in [5.74, 6) is 0.817. The zero-order valence-electron chi connectivity index (χ0n) is 12.8. The van der Waals surface area contributed by atoms with Gasteiger partial charge < -0.3 is 14.8 Å². The first-order chi connectivity index (χ1) is 9.72. The van der Waals surface area contributed by atoms with Crippen LogP contribution in [0.2, 0.25) is 0 Å². The lowest BCUT2D eigenvalue weighted by molar-refractivity contribution is 0.351. The fourth-order valence-electron chi connectivity index (χ4n) is 2.13. The molecule has 0 spiro atoms. The normalized spacial score (nSPS) is 10.6. The van der Waals surface area contributed by atoms with Crippen molar-refractivity contribution in [3.05, 3.63) is 23.5 Å². The molecule has 0 aliphatic carbocycles. The predicted octanol–water partition coefficient (Wildman–Crippen LogP) is 3.56. The summed E-state index contributed by atoms with van der Waals surface area (Å²) in [6, 6.07) is 3.14. The minimum Gasteiger partial charge on any atom is -0.493 e. The van der Waals surface area contributed by atoms with Crippen molar-refractivity contribution in [1.29, 1.82) is 0 Å². The van der Waals surface area contributed by atoms with Crippen molar-refractivity contribution in [3.63, 3.8) is 0 Å². The monoisotopic (exact) mass is 283 g/mol. The Hall–Kier alpha value is -1.29. The summed E-state index contributed by atoms with van der Waals surface area (Å²) < 4.78 is 24.2. The van der Waals surface area contributed by atoms with Crippen LogP contribution in [0.15, 0.2) is 12.1 Å². The van der Waals surface area contributed by atoms with Crippen molar-refractivity contribution in [2.24, 2.45) is 0 Å². The molecule has 1 aromatic carbocycles. The molecule has 3 nitrogen and oxygen atoms in total. The number of methoxy groups -OCH3 is 2. The van der Waals surface area contributed by atoms with Gasteiger partial charge in [-0.05, 0) is 50.4 Å². The van der Waals surface area contributed by atoms with Crippen LogP contribution in [0.4, 0.5) is 4.39 Å². The molecule has 20 heavy (non-hydrogen) atoms. The topological polar surface area (TPSA) is 30.5 Å².